The number of ether oxygens (including phenoxy) is 1. The highest BCUT2D eigenvalue weighted by Crippen LogP contribution is 2.20. The molecule has 0 fully saturated rings. The Labute approximate surface area is 171 Å². The van der Waals surface area contributed by atoms with E-state index < -0.39 is 28.1 Å². The fraction of sp³-hybridized carbons (Fsp3) is 0.333. The number of nitrogens with one attached hydrogen (secondary N) is 2. The van der Waals surface area contributed by atoms with E-state index in [-0.39, 0.29) is 10.8 Å². The summed E-state index contributed by atoms with van der Waals surface area (Å²) in [6.07, 6.45) is 0. The van der Waals surface area contributed by atoms with Crippen LogP contribution in [-0.4, -0.2) is 32.4 Å². The lowest BCUT2D eigenvalue weighted by Crippen LogP contribution is -2.34. The maximum atomic E-state index is 12.5. The first-order valence-electron chi connectivity index (χ1n) is 9.07. The van der Waals surface area contributed by atoms with Crippen molar-refractivity contribution in [3.05, 3.63) is 59.2 Å². The zero-order chi connectivity index (χ0) is 21.8. The van der Waals surface area contributed by atoms with Crippen molar-refractivity contribution >= 4 is 27.6 Å². The molecule has 0 spiro atoms. The number of benzene rings is 2. The minimum atomic E-state index is -3.91. The lowest BCUT2D eigenvalue weighted by molar-refractivity contribution is -0.153. The predicted molar refractivity (Wildman–Crippen MR) is 111 cm³/mol. The molecule has 0 heterocycles. The number of esters is 1. The van der Waals surface area contributed by atoms with Gasteiger partial charge in [0.15, 0.2) is 0 Å². The molecule has 156 valence electrons. The number of amides is 1. The van der Waals surface area contributed by atoms with Gasteiger partial charge in [-0.25, -0.2) is 8.42 Å². The quantitative estimate of drug-likeness (QED) is 0.702. The van der Waals surface area contributed by atoms with Gasteiger partial charge >= 0.3 is 5.97 Å². The number of sulfonamides is 1. The van der Waals surface area contributed by atoms with Crippen LogP contribution in [0, 0.1) is 13.8 Å². The number of rotatable bonds is 6. The molecule has 0 unspecified atom stereocenters. The van der Waals surface area contributed by atoms with E-state index in [9.17, 15) is 18.0 Å². The van der Waals surface area contributed by atoms with Gasteiger partial charge in [0.05, 0.1) is 4.90 Å². The average molecular weight is 419 g/mol. The van der Waals surface area contributed by atoms with Gasteiger partial charge in [0, 0.05) is 11.3 Å². The second kappa shape index (κ2) is 8.75. The van der Waals surface area contributed by atoms with E-state index in [2.05, 4.69) is 10.0 Å². The van der Waals surface area contributed by atoms with Crippen LogP contribution in [0.5, 0.6) is 0 Å². The van der Waals surface area contributed by atoms with E-state index in [0.717, 1.165) is 5.56 Å². The second-order valence-electron chi connectivity index (χ2n) is 7.71. The number of aryl methyl sites for hydroxylation is 2. The van der Waals surface area contributed by atoms with E-state index in [1.807, 2.05) is 19.1 Å². The van der Waals surface area contributed by atoms with Crippen LogP contribution in [0.3, 0.4) is 0 Å². The molecule has 0 saturated heterocycles. The van der Waals surface area contributed by atoms with Crippen LogP contribution >= 0.6 is 0 Å². The summed E-state index contributed by atoms with van der Waals surface area (Å²) < 4.78 is 32.3. The third kappa shape index (κ3) is 6.69. The maximum absolute atomic E-state index is 12.5. The average Bonchev–Trinajstić information content (AvgIpc) is 2.59. The summed E-state index contributed by atoms with van der Waals surface area (Å²) >= 11 is 0. The van der Waals surface area contributed by atoms with Gasteiger partial charge in [-0.2, -0.15) is 4.72 Å². The van der Waals surface area contributed by atoms with Crippen molar-refractivity contribution < 1.29 is 22.7 Å². The Morgan fingerprint density at radius 3 is 2.17 bits per heavy atom. The second-order valence-corrected chi connectivity index (χ2v) is 9.45. The summed E-state index contributed by atoms with van der Waals surface area (Å²) in [6, 6.07) is 11.6. The van der Waals surface area contributed by atoms with Crippen LogP contribution in [0.25, 0.3) is 0 Å². The molecule has 7 nitrogen and oxygen atoms in total. The highest BCUT2D eigenvalue weighted by Gasteiger charge is 2.21. The number of anilines is 1. The van der Waals surface area contributed by atoms with Crippen LogP contribution in [-0.2, 0) is 19.6 Å². The molecule has 0 aromatic heterocycles. The Bertz CT molecular complexity index is 1010. The molecule has 2 rings (SSSR count). The number of carbonyl (C=O) groups is 2. The first-order valence-corrected chi connectivity index (χ1v) is 10.6. The van der Waals surface area contributed by atoms with Gasteiger partial charge < -0.3 is 10.1 Å². The van der Waals surface area contributed by atoms with Crippen molar-refractivity contribution in [2.75, 3.05) is 11.9 Å². The molecular formula is C21H26N2O5S. The first kappa shape index (κ1) is 22.6. The van der Waals surface area contributed by atoms with Crippen molar-refractivity contribution in [1.29, 1.82) is 0 Å². The van der Waals surface area contributed by atoms with Gasteiger partial charge in [-0.15, -0.1) is 0 Å². The van der Waals surface area contributed by atoms with Gasteiger partial charge in [-0.1, -0.05) is 17.7 Å². The van der Waals surface area contributed by atoms with Gasteiger partial charge in [-0.05, 0) is 70.5 Å². The number of carbonyl (C=O) groups excluding carboxylic acids is 2. The van der Waals surface area contributed by atoms with Gasteiger partial charge in [0.25, 0.3) is 5.91 Å². The molecule has 0 atom stereocenters. The molecule has 2 N–H and O–H groups in total. The summed E-state index contributed by atoms with van der Waals surface area (Å²) in [7, 11) is -3.91. The van der Waals surface area contributed by atoms with Gasteiger partial charge in [0.1, 0.15) is 12.1 Å². The lowest BCUT2D eigenvalue weighted by Gasteiger charge is -2.19. The Morgan fingerprint density at radius 2 is 1.62 bits per heavy atom. The van der Waals surface area contributed by atoms with Crippen LogP contribution < -0.4 is 10.0 Å². The van der Waals surface area contributed by atoms with Crippen LogP contribution in [0.2, 0.25) is 0 Å². The van der Waals surface area contributed by atoms with Crippen LogP contribution in [0.15, 0.2) is 47.4 Å². The molecule has 0 aliphatic carbocycles. The Morgan fingerprint density at radius 1 is 1.00 bits per heavy atom. The minimum absolute atomic E-state index is 0.0226. The largest absolute Gasteiger partial charge is 0.459 e. The van der Waals surface area contributed by atoms with Crippen molar-refractivity contribution in [3.8, 4) is 0 Å². The molecule has 0 radical (unpaired) electrons. The molecule has 2 aromatic rings. The highest BCUT2D eigenvalue weighted by molar-refractivity contribution is 7.89. The normalized spacial score (nSPS) is 11.8. The first-order chi connectivity index (χ1) is 13.4. The topological polar surface area (TPSA) is 102 Å². The third-order valence-electron chi connectivity index (χ3n) is 3.86. The third-order valence-corrected chi connectivity index (χ3v) is 5.42. The summed E-state index contributed by atoms with van der Waals surface area (Å²) in [4.78, 5) is 24.1. The Balaban J connectivity index is 2.08. The van der Waals surface area contributed by atoms with Crippen LogP contribution in [0.4, 0.5) is 5.69 Å². The smallest absolute Gasteiger partial charge is 0.321 e. The van der Waals surface area contributed by atoms with E-state index >= 15 is 0 Å². The fourth-order valence-electron chi connectivity index (χ4n) is 2.55. The van der Waals surface area contributed by atoms with Crippen molar-refractivity contribution in [3.63, 3.8) is 0 Å². The van der Waals surface area contributed by atoms with Crippen molar-refractivity contribution in [2.24, 2.45) is 0 Å². The summed E-state index contributed by atoms with van der Waals surface area (Å²) in [5.74, 6) is -0.955. The lowest BCUT2D eigenvalue weighted by atomic mass is 10.1. The summed E-state index contributed by atoms with van der Waals surface area (Å²) in [5.41, 5.74) is 1.76. The zero-order valence-corrected chi connectivity index (χ0v) is 18.0. The van der Waals surface area contributed by atoms with Crippen molar-refractivity contribution in [1.82, 2.24) is 4.72 Å². The van der Waals surface area contributed by atoms with E-state index in [4.69, 9.17) is 4.74 Å². The molecule has 29 heavy (non-hydrogen) atoms. The molecule has 8 heteroatoms. The zero-order valence-electron chi connectivity index (χ0n) is 17.2. The SMILES string of the molecule is Cc1ccc(C(=O)Nc2ccc(S(=O)(=O)NCC(=O)OC(C)(C)C)c(C)c2)cc1. The van der Waals surface area contributed by atoms with Crippen molar-refractivity contribution in [2.45, 2.75) is 45.1 Å². The minimum Gasteiger partial charge on any atom is -0.459 e. The number of hydrogen-bond acceptors (Lipinski definition) is 5. The van der Waals surface area contributed by atoms with E-state index in [1.54, 1.807) is 45.9 Å². The molecule has 0 bridgehead atoms. The highest BCUT2D eigenvalue weighted by atomic mass is 32.2. The molecule has 1 amide bonds. The Kier molecular flexibility index (Phi) is 6.81. The van der Waals surface area contributed by atoms with E-state index in [0.29, 0.717) is 16.8 Å². The molecule has 0 aliphatic rings. The number of hydrogen-bond donors (Lipinski definition) is 2. The molecule has 0 aliphatic heterocycles. The molecule has 2 aromatic carbocycles. The van der Waals surface area contributed by atoms with E-state index in [1.165, 1.54) is 12.1 Å². The van der Waals surface area contributed by atoms with Crippen LogP contribution in [0.1, 0.15) is 42.3 Å². The predicted octanol–water partition coefficient (Wildman–Crippen LogP) is 3.18. The molecular weight excluding hydrogens is 392 g/mol. The van der Waals surface area contributed by atoms with Gasteiger partial charge in [-0.3, -0.25) is 9.59 Å². The molecule has 0 saturated carbocycles. The maximum Gasteiger partial charge on any atom is 0.321 e. The Hall–Kier alpha value is -2.71. The standard InChI is InChI=1S/C21H26N2O5S/c1-14-6-8-16(9-7-14)20(25)23-17-10-11-18(15(2)12-17)29(26,27)22-13-19(24)28-21(3,4)5/h6-12,22H,13H2,1-5H3,(H,23,25). The fourth-order valence-corrected chi connectivity index (χ4v) is 3.74. The monoisotopic (exact) mass is 418 g/mol. The van der Waals surface area contributed by atoms with Gasteiger partial charge in [0.2, 0.25) is 10.0 Å². The summed E-state index contributed by atoms with van der Waals surface area (Å²) in [5, 5.41) is 2.74. The summed E-state index contributed by atoms with van der Waals surface area (Å²) in [6.45, 7) is 8.18.